The van der Waals surface area contributed by atoms with E-state index in [9.17, 15) is 8.42 Å². The standard InChI is InChI=1S/C10H16BrN3O2S/c1-3-14-17(15,16)5-4-12-10-9(11)6-8(2)7-13-10/h6-7,14H,3-5H2,1-2H3,(H,12,13). The number of hydrogen-bond acceptors (Lipinski definition) is 4. The molecule has 1 heterocycles. The lowest BCUT2D eigenvalue weighted by atomic mass is 10.3. The molecule has 0 aliphatic rings. The van der Waals surface area contributed by atoms with Crippen molar-refractivity contribution >= 4 is 31.8 Å². The average molecular weight is 322 g/mol. The predicted octanol–water partition coefficient (Wildman–Crippen LogP) is 1.50. The fourth-order valence-corrected chi connectivity index (χ4v) is 2.82. The summed E-state index contributed by atoms with van der Waals surface area (Å²) in [5, 5.41) is 2.98. The Morgan fingerprint density at radius 2 is 2.18 bits per heavy atom. The Morgan fingerprint density at radius 1 is 1.47 bits per heavy atom. The molecule has 1 aromatic heterocycles. The minimum absolute atomic E-state index is 0.0306. The van der Waals surface area contributed by atoms with E-state index in [1.165, 1.54) is 0 Å². The predicted molar refractivity (Wildman–Crippen MR) is 72.6 cm³/mol. The third-order valence-electron chi connectivity index (χ3n) is 2.01. The van der Waals surface area contributed by atoms with Gasteiger partial charge in [-0.25, -0.2) is 18.1 Å². The van der Waals surface area contributed by atoms with E-state index in [0.29, 0.717) is 18.9 Å². The molecule has 0 saturated carbocycles. The number of sulfonamides is 1. The topological polar surface area (TPSA) is 71.1 Å². The first kappa shape index (κ1) is 14.4. The van der Waals surface area contributed by atoms with Gasteiger partial charge in [-0.05, 0) is 34.5 Å². The second kappa shape index (κ2) is 6.32. The van der Waals surface area contributed by atoms with Gasteiger partial charge in [0.15, 0.2) is 0 Å². The summed E-state index contributed by atoms with van der Waals surface area (Å²) in [5.41, 5.74) is 1.04. The van der Waals surface area contributed by atoms with Crippen LogP contribution >= 0.6 is 15.9 Å². The fourth-order valence-electron chi connectivity index (χ4n) is 1.26. The monoisotopic (exact) mass is 321 g/mol. The van der Waals surface area contributed by atoms with Crippen LogP contribution in [0.2, 0.25) is 0 Å². The highest BCUT2D eigenvalue weighted by molar-refractivity contribution is 9.10. The number of halogens is 1. The minimum Gasteiger partial charge on any atom is -0.368 e. The van der Waals surface area contributed by atoms with Crippen molar-refractivity contribution in [3.05, 3.63) is 22.3 Å². The number of aromatic nitrogens is 1. The molecule has 7 heteroatoms. The van der Waals surface area contributed by atoms with Crippen molar-refractivity contribution < 1.29 is 8.42 Å². The van der Waals surface area contributed by atoms with Crippen molar-refractivity contribution in [2.24, 2.45) is 0 Å². The number of rotatable bonds is 6. The molecule has 5 nitrogen and oxygen atoms in total. The minimum atomic E-state index is -3.18. The van der Waals surface area contributed by atoms with E-state index in [4.69, 9.17) is 0 Å². The molecule has 1 rings (SSSR count). The summed E-state index contributed by atoms with van der Waals surface area (Å²) in [4.78, 5) is 4.17. The SMILES string of the molecule is CCNS(=O)(=O)CCNc1ncc(C)cc1Br. The molecule has 0 radical (unpaired) electrons. The van der Waals surface area contributed by atoms with E-state index in [1.54, 1.807) is 13.1 Å². The van der Waals surface area contributed by atoms with E-state index in [-0.39, 0.29) is 5.75 Å². The zero-order valence-corrected chi connectivity index (χ0v) is 12.2. The Kier molecular flexibility index (Phi) is 5.35. The van der Waals surface area contributed by atoms with Crippen LogP contribution in [-0.2, 0) is 10.0 Å². The van der Waals surface area contributed by atoms with Gasteiger partial charge in [0.2, 0.25) is 10.0 Å². The molecular weight excluding hydrogens is 306 g/mol. The molecular formula is C10H16BrN3O2S. The third-order valence-corrected chi connectivity index (χ3v) is 4.08. The molecule has 96 valence electrons. The van der Waals surface area contributed by atoms with Gasteiger partial charge in [-0.3, -0.25) is 0 Å². The van der Waals surface area contributed by atoms with Crippen LogP contribution in [0.5, 0.6) is 0 Å². The second-order valence-electron chi connectivity index (χ2n) is 3.59. The molecule has 0 aliphatic heterocycles. The van der Waals surface area contributed by atoms with E-state index in [0.717, 1.165) is 10.0 Å². The highest BCUT2D eigenvalue weighted by Gasteiger charge is 2.08. The number of aryl methyl sites for hydroxylation is 1. The molecule has 0 saturated heterocycles. The summed E-state index contributed by atoms with van der Waals surface area (Å²) in [5.74, 6) is 0.685. The Hall–Kier alpha value is -0.660. The summed E-state index contributed by atoms with van der Waals surface area (Å²) in [6, 6.07) is 1.92. The molecule has 0 fully saturated rings. The molecule has 0 aliphatic carbocycles. The van der Waals surface area contributed by atoms with Gasteiger partial charge in [0.25, 0.3) is 0 Å². The van der Waals surface area contributed by atoms with Crippen LogP contribution in [0.3, 0.4) is 0 Å². The molecule has 17 heavy (non-hydrogen) atoms. The molecule has 1 aromatic rings. The first-order valence-corrected chi connectivity index (χ1v) is 7.72. The lowest BCUT2D eigenvalue weighted by Gasteiger charge is -2.08. The summed E-state index contributed by atoms with van der Waals surface area (Å²) in [6.07, 6.45) is 1.73. The number of nitrogens with zero attached hydrogens (tertiary/aromatic N) is 1. The fraction of sp³-hybridized carbons (Fsp3) is 0.500. The van der Waals surface area contributed by atoms with E-state index in [1.807, 2.05) is 13.0 Å². The quantitative estimate of drug-likeness (QED) is 0.833. The molecule has 0 atom stereocenters. The first-order valence-electron chi connectivity index (χ1n) is 5.28. The van der Waals surface area contributed by atoms with Crippen molar-refractivity contribution in [3.8, 4) is 0 Å². The normalized spacial score (nSPS) is 11.5. The largest absolute Gasteiger partial charge is 0.368 e. The van der Waals surface area contributed by atoms with E-state index in [2.05, 4.69) is 31.0 Å². The number of hydrogen-bond donors (Lipinski definition) is 2. The third kappa shape index (κ3) is 5.01. The van der Waals surface area contributed by atoms with Crippen molar-refractivity contribution in [1.82, 2.24) is 9.71 Å². The van der Waals surface area contributed by atoms with Gasteiger partial charge >= 0.3 is 0 Å². The van der Waals surface area contributed by atoms with Gasteiger partial charge < -0.3 is 5.32 Å². The van der Waals surface area contributed by atoms with Gasteiger partial charge in [0, 0.05) is 19.3 Å². The van der Waals surface area contributed by atoms with Gasteiger partial charge in [-0.15, -0.1) is 0 Å². The van der Waals surface area contributed by atoms with Crippen molar-refractivity contribution in [1.29, 1.82) is 0 Å². The van der Waals surface area contributed by atoms with E-state index >= 15 is 0 Å². The lowest BCUT2D eigenvalue weighted by molar-refractivity contribution is 0.584. The van der Waals surface area contributed by atoms with Crippen LogP contribution in [0.25, 0.3) is 0 Å². The zero-order chi connectivity index (χ0) is 12.9. The first-order chi connectivity index (χ1) is 7.94. The van der Waals surface area contributed by atoms with Crippen LogP contribution < -0.4 is 10.0 Å². The number of pyridine rings is 1. The van der Waals surface area contributed by atoms with Crippen molar-refractivity contribution in [2.75, 3.05) is 24.2 Å². The summed E-state index contributed by atoms with van der Waals surface area (Å²) in [6.45, 7) is 4.43. The molecule has 2 N–H and O–H groups in total. The van der Waals surface area contributed by atoms with Crippen LogP contribution in [0.1, 0.15) is 12.5 Å². The lowest BCUT2D eigenvalue weighted by Crippen LogP contribution is -2.29. The van der Waals surface area contributed by atoms with Crippen LogP contribution in [-0.4, -0.2) is 32.2 Å². The molecule has 0 spiro atoms. The van der Waals surface area contributed by atoms with Gasteiger partial charge in [0.05, 0.1) is 10.2 Å². The molecule has 0 unspecified atom stereocenters. The summed E-state index contributed by atoms with van der Waals surface area (Å²) >= 11 is 3.37. The highest BCUT2D eigenvalue weighted by atomic mass is 79.9. The second-order valence-corrected chi connectivity index (χ2v) is 6.37. The van der Waals surface area contributed by atoms with Crippen molar-refractivity contribution in [3.63, 3.8) is 0 Å². The number of nitrogens with one attached hydrogen (secondary N) is 2. The van der Waals surface area contributed by atoms with E-state index < -0.39 is 10.0 Å². The Labute approximate surface area is 110 Å². The summed E-state index contributed by atoms with van der Waals surface area (Å²) < 4.78 is 26.0. The molecule has 0 aromatic carbocycles. The van der Waals surface area contributed by atoms with Crippen LogP contribution in [0.15, 0.2) is 16.7 Å². The highest BCUT2D eigenvalue weighted by Crippen LogP contribution is 2.19. The smallest absolute Gasteiger partial charge is 0.213 e. The maximum absolute atomic E-state index is 11.4. The zero-order valence-electron chi connectivity index (χ0n) is 9.83. The molecule has 0 amide bonds. The van der Waals surface area contributed by atoms with Crippen molar-refractivity contribution in [2.45, 2.75) is 13.8 Å². The van der Waals surface area contributed by atoms with Crippen LogP contribution in [0, 0.1) is 6.92 Å². The Bertz CT molecular complexity index is 476. The van der Waals surface area contributed by atoms with Gasteiger partial charge in [0.1, 0.15) is 5.82 Å². The maximum atomic E-state index is 11.4. The average Bonchev–Trinajstić information content (AvgIpc) is 2.21. The maximum Gasteiger partial charge on any atom is 0.213 e. The molecule has 0 bridgehead atoms. The summed E-state index contributed by atoms with van der Waals surface area (Å²) in [7, 11) is -3.18. The Balaban J connectivity index is 2.51. The number of anilines is 1. The van der Waals surface area contributed by atoms with Crippen LogP contribution in [0.4, 0.5) is 5.82 Å². The Morgan fingerprint density at radius 3 is 2.76 bits per heavy atom. The van der Waals surface area contributed by atoms with Gasteiger partial charge in [-0.2, -0.15) is 0 Å². The van der Waals surface area contributed by atoms with Gasteiger partial charge in [-0.1, -0.05) is 6.92 Å².